The topological polar surface area (TPSA) is 80.8 Å². The lowest BCUT2D eigenvalue weighted by molar-refractivity contribution is -0.147. The van der Waals surface area contributed by atoms with Gasteiger partial charge in [0.1, 0.15) is 6.54 Å². The van der Waals surface area contributed by atoms with Crippen molar-refractivity contribution in [2.45, 2.75) is 19.4 Å². The van der Waals surface area contributed by atoms with E-state index in [9.17, 15) is 19.2 Å². The Balaban J connectivity index is 1.68. The Kier molecular flexibility index (Phi) is 4.93. The molecule has 3 rings (SSSR count). The third-order valence-corrected chi connectivity index (χ3v) is 4.16. The maximum absolute atomic E-state index is 12.4. The summed E-state index contributed by atoms with van der Waals surface area (Å²) < 4.78 is 5.24. The highest BCUT2D eigenvalue weighted by Gasteiger charge is 2.37. The van der Waals surface area contributed by atoms with Crippen LogP contribution in [0.15, 0.2) is 54.6 Å². The molecule has 0 fully saturated rings. The van der Waals surface area contributed by atoms with Gasteiger partial charge in [0.15, 0.2) is 6.10 Å². The van der Waals surface area contributed by atoms with Crippen molar-refractivity contribution in [2.75, 3.05) is 6.54 Å². The zero-order chi connectivity index (χ0) is 18.7. The van der Waals surface area contributed by atoms with Crippen LogP contribution in [0.4, 0.5) is 0 Å². The van der Waals surface area contributed by atoms with Gasteiger partial charge in [0.25, 0.3) is 11.8 Å². The number of Topliss-reactive ketones (excluding diaryl/α,β-unsaturated/α-hetero) is 1. The predicted molar refractivity (Wildman–Crippen MR) is 92.8 cm³/mol. The molecule has 6 heteroatoms. The number of ketones is 1. The van der Waals surface area contributed by atoms with E-state index in [1.807, 2.05) is 0 Å². The monoisotopic (exact) mass is 351 g/mol. The van der Waals surface area contributed by atoms with Crippen molar-refractivity contribution in [3.05, 3.63) is 71.3 Å². The first-order valence-corrected chi connectivity index (χ1v) is 8.27. The molecule has 0 bridgehead atoms. The van der Waals surface area contributed by atoms with E-state index in [-0.39, 0.29) is 16.9 Å². The lowest BCUT2D eigenvalue weighted by atomic mass is 10.0. The summed E-state index contributed by atoms with van der Waals surface area (Å²) in [6.07, 6.45) is -0.665. The fourth-order valence-corrected chi connectivity index (χ4v) is 2.82. The summed E-state index contributed by atoms with van der Waals surface area (Å²) in [6.45, 7) is 1.20. The number of nitrogens with zero attached hydrogens (tertiary/aromatic N) is 1. The number of fused-ring (bicyclic) bond motifs is 1. The van der Waals surface area contributed by atoms with Crippen molar-refractivity contribution in [3.63, 3.8) is 0 Å². The van der Waals surface area contributed by atoms with E-state index in [1.54, 1.807) is 49.4 Å². The first-order valence-electron chi connectivity index (χ1n) is 8.27. The minimum atomic E-state index is -0.958. The molecule has 1 aliphatic rings. The third kappa shape index (κ3) is 3.26. The highest BCUT2D eigenvalue weighted by atomic mass is 16.5. The number of benzene rings is 2. The third-order valence-electron chi connectivity index (χ3n) is 4.16. The molecule has 0 N–H and O–H groups in total. The number of carbonyl (C=O) groups is 4. The highest BCUT2D eigenvalue weighted by Crippen LogP contribution is 2.22. The quantitative estimate of drug-likeness (QED) is 0.454. The molecule has 0 unspecified atom stereocenters. The van der Waals surface area contributed by atoms with Crippen LogP contribution in [0.2, 0.25) is 0 Å². The molecule has 0 aromatic heterocycles. The standard InChI is InChI=1S/C20H17NO5/c1-2-16(18(23)13-8-4-3-5-9-13)26-17(22)12-21-19(24)14-10-6-7-11-15(14)20(21)25/h3-11,16H,2,12H2,1H3/t16-/m0/s1. The minimum Gasteiger partial charge on any atom is -0.453 e. The van der Waals surface area contributed by atoms with Gasteiger partial charge in [-0.25, -0.2) is 0 Å². The van der Waals surface area contributed by atoms with Crippen molar-refractivity contribution in [1.29, 1.82) is 0 Å². The molecule has 6 nitrogen and oxygen atoms in total. The maximum Gasteiger partial charge on any atom is 0.326 e. The minimum absolute atomic E-state index is 0.262. The normalized spacial score (nSPS) is 14.1. The number of imide groups is 1. The van der Waals surface area contributed by atoms with E-state index in [4.69, 9.17) is 4.74 Å². The van der Waals surface area contributed by atoms with Crippen LogP contribution in [0.3, 0.4) is 0 Å². The first-order chi connectivity index (χ1) is 12.5. The van der Waals surface area contributed by atoms with E-state index in [1.165, 1.54) is 12.1 Å². The van der Waals surface area contributed by atoms with Crippen molar-refractivity contribution >= 4 is 23.6 Å². The van der Waals surface area contributed by atoms with Gasteiger partial charge in [0.2, 0.25) is 5.78 Å². The van der Waals surface area contributed by atoms with Gasteiger partial charge >= 0.3 is 5.97 Å². The summed E-state index contributed by atoms with van der Waals surface area (Å²) >= 11 is 0. The smallest absolute Gasteiger partial charge is 0.326 e. The van der Waals surface area contributed by atoms with Gasteiger partial charge in [-0.05, 0) is 18.6 Å². The molecule has 26 heavy (non-hydrogen) atoms. The number of rotatable bonds is 6. The van der Waals surface area contributed by atoms with E-state index in [0.717, 1.165) is 4.90 Å². The van der Waals surface area contributed by atoms with Crippen molar-refractivity contribution < 1.29 is 23.9 Å². The molecule has 2 amide bonds. The molecule has 1 heterocycles. The van der Waals surface area contributed by atoms with Gasteiger partial charge in [0.05, 0.1) is 11.1 Å². The summed E-state index contributed by atoms with van der Waals surface area (Å²) in [5, 5.41) is 0. The van der Waals surface area contributed by atoms with Crippen molar-refractivity contribution in [2.24, 2.45) is 0 Å². The average molecular weight is 351 g/mol. The molecule has 1 aliphatic heterocycles. The number of amides is 2. The zero-order valence-electron chi connectivity index (χ0n) is 14.2. The van der Waals surface area contributed by atoms with Crippen molar-refractivity contribution in [3.8, 4) is 0 Å². The Hall–Kier alpha value is -3.28. The Bertz CT molecular complexity index is 840. The SMILES string of the molecule is CC[C@H](OC(=O)CN1C(=O)c2ccccc2C1=O)C(=O)c1ccccc1. The van der Waals surface area contributed by atoms with Crippen molar-refractivity contribution in [1.82, 2.24) is 4.90 Å². The van der Waals surface area contributed by atoms with Crippen LogP contribution in [-0.4, -0.2) is 41.1 Å². The Morgan fingerprint density at radius 1 is 0.923 bits per heavy atom. The van der Waals surface area contributed by atoms with Gasteiger partial charge in [-0.2, -0.15) is 0 Å². The molecule has 0 aliphatic carbocycles. The number of ether oxygens (including phenoxy) is 1. The summed E-state index contributed by atoms with van der Waals surface area (Å²) in [7, 11) is 0. The second-order valence-electron chi connectivity index (χ2n) is 5.86. The average Bonchev–Trinajstić information content (AvgIpc) is 2.91. The molecule has 0 radical (unpaired) electrons. The van der Waals surface area contributed by atoms with E-state index < -0.39 is 30.4 Å². The molecule has 0 saturated carbocycles. The number of esters is 1. The molecule has 1 atom stereocenters. The second-order valence-corrected chi connectivity index (χ2v) is 5.86. The highest BCUT2D eigenvalue weighted by molar-refractivity contribution is 6.22. The molecule has 132 valence electrons. The predicted octanol–water partition coefficient (Wildman–Crippen LogP) is 2.49. The maximum atomic E-state index is 12.4. The van der Waals surface area contributed by atoms with Crippen LogP contribution in [0, 0.1) is 0 Å². The van der Waals surface area contributed by atoms with Gasteiger partial charge < -0.3 is 4.74 Å². The van der Waals surface area contributed by atoms with E-state index in [0.29, 0.717) is 12.0 Å². The Labute approximate surface area is 150 Å². The fourth-order valence-electron chi connectivity index (χ4n) is 2.82. The molecule has 0 spiro atoms. The lowest BCUT2D eigenvalue weighted by Crippen LogP contribution is -2.38. The Morgan fingerprint density at radius 3 is 2.00 bits per heavy atom. The molecular formula is C20H17NO5. The number of hydrogen-bond donors (Lipinski definition) is 0. The Morgan fingerprint density at radius 2 is 1.46 bits per heavy atom. The fraction of sp³-hybridized carbons (Fsp3) is 0.200. The molecule has 2 aromatic rings. The summed E-state index contributed by atoms with van der Waals surface area (Å²) in [5.74, 6) is -2.19. The van der Waals surface area contributed by atoms with Crippen LogP contribution < -0.4 is 0 Å². The van der Waals surface area contributed by atoms with Crippen LogP contribution in [0.5, 0.6) is 0 Å². The molecule has 0 saturated heterocycles. The van der Waals surface area contributed by atoms with Gasteiger partial charge in [-0.1, -0.05) is 49.4 Å². The van der Waals surface area contributed by atoms with Crippen LogP contribution in [0.1, 0.15) is 44.4 Å². The largest absolute Gasteiger partial charge is 0.453 e. The molecular weight excluding hydrogens is 334 g/mol. The summed E-state index contributed by atoms with van der Waals surface area (Å²) in [5.41, 5.74) is 0.961. The first kappa shape index (κ1) is 17.5. The van der Waals surface area contributed by atoms with Crippen LogP contribution >= 0.6 is 0 Å². The second kappa shape index (κ2) is 7.31. The van der Waals surface area contributed by atoms with Crippen LogP contribution in [0.25, 0.3) is 0 Å². The number of hydrogen-bond acceptors (Lipinski definition) is 5. The van der Waals surface area contributed by atoms with Gasteiger partial charge in [0, 0.05) is 5.56 Å². The number of carbonyl (C=O) groups excluding carboxylic acids is 4. The lowest BCUT2D eigenvalue weighted by Gasteiger charge is -2.18. The van der Waals surface area contributed by atoms with E-state index in [2.05, 4.69) is 0 Å². The molecule has 2 aromatic carbocycles. The summed E-state index contributed by atoms with van der Waals surface area (Å²) in [4.78, 5) is 50.1. The van der Waals surface area contributed by atoms with Crippen LogP contribution in [-0.2, 0) is 9.53 Å². The zero-order valence-corrected chi connectivity index (χ0v) is 14.2. The summed E-state index contributed by atoms with van der Waals surface area (Å²) in [6, 6.07) is 14.9. The van der Waals surface area contributed by atoms with Gasteiger partial charge in [-0.3, -0.25) is 24.1 Å². The van der Waals surface area contributed by atoms with E-state index >= 15 is 0 Å². The van der Waals surface area contributed by atoms with Gasteiger partial charge in [-0.15, -0.1) is 0 Å².